The first-order valence-electron chi connectivity index (χ1n) is 6.11. The van der Waals surface area contributed by atoms with Crippen molar-refractivity contribution in [2.24, 2.45) is 17.8 Å². The molecule has 0 aliphatic heterocycles. The van der Waals surface area contributed by atoms with Gasteiger partial charge in [-0.1, -0.05) is 6.92 Å². The molecule has 2 aliphatic rings. The molecule has 2 fully saturated rings. The number of nitrogens with one attached hydrogen (secondary N) is 1. The summed E-state index contributed by atoms with van der Waals surface area (Å²) in [4.78, 5) is 0. The molecule has 15 heavy (non-hydrogen) atoms. The number of anilines is 1. The topological polar surface area (TPSA) is 54.7 Å². The molecule has 0 amide bonds. The van der Waals surface area contributed by atoms with Crippen LogP contribution in [-0.4, -0.2) is 10.2 Å². The highest BCUT2D eigenvalue weighted by Gasteiger charge is 2.47. The zero-order valence-corrected chi connectivity index (χ0v) is 9.29. The Kier molecular flexibility index (Phi) is 2.01. The molecule has 2 atom stereocenters. The number of hydrogen-bond acceptors (Lipinski definition) is 2. The van der Waals surface area contributed by atoms with Crippen LogP contribution in [0.4, 0.5) is 5.82 Å². The van der Waals surface area contributed by atoms with Crippen molar-refractivity contribution >= 4 is 5.82 Å². The number of aromatic nitrogens is 2. The Morgan fingerprint density at radius 2 is 2.27 bits per heavy atom. The minimum atomic E-state index is 0.705. The van der Waals surface area contributed by atoms with E-state index in [-0.39, 0.29) is 0 Å². The first-order valence-corrected chi connectivity index (χ1v) is 6.11. The van der Waals surface area contributed by atoms with Crippen LogP contribution >= 0.6 is 0 Å². The molecular formula is C12H19N3. The molecule has 0 unspecified atom stereocenters. The fraction of sp³-hybridized carbons (Fsp3) is 0.750. The lowest BCUT2D eigenvalue weighted by atomic mass is 10.1. The van der Waals surface area contributed by atoms with Gasteiger partial charge in [0.1, 0.15) is 5.82 Å². The van der Waals surface area contributed by atoms with E-state index in [0.29, 0.717) is 5.82 Å². The Labute approximate surface area is 90.4 Å². The first kappa shape index (κ1) is 9.25. The highest BCUT2D eigenvalue weighted by atomic mass is 15.2. The maximum Gasteiger partial charge on any atom is 0.148 e. The number of rotatable bonds is 4. The van der Waals surface area contributed by atoms with Crippen molar-refractivity contribution in [3.8, 4) is 0 Å². The van der Waals surface area contributed by atoms with E-state index in [2.05, 4.69) is 17.1 Å². The van der Waals surface area contributed by atoms with Crippen molar-refractivity contribution in [1.82, 2.24) is 10.2 Å². The Bertz CT molecular complexity index is 365. The summed E-state index contributed by atoms with van der Waals surface area (Å²) >= 11 is 0. The van der Waals surface area contributed by atoms with Crippen molar-refractivity contribution in [3.63, 3.8) is 0 Å². The Morgan fingerprint density at radius 3 is 2.93 bits per heavy atom. The molecule has 0 aromatic carbocycles. The summed E-state index contributed by atoms with van der Waals surface area (Å²) in [5.41, 5.74) is 8.35. The van der Waals surface area contributed by atoms with Crippen LogP contribution in [0.15, 0.2) is 0 Å². The maximum atomic E-state index is 5.81. The SMILES string of the molecule is CCc1c(N)n[nH]c1C[C@@H]1C[C@H]1C1CC1. The lowest BCUT2D eigenvalue weighted by Crippen LogP contribution is -1.97. The fourth-order valence-electron chi connectivity index (χ4n) is 2.85. The number of hydrogen-bond donors (Lipinski definition) is 2. The first-order chi connectivity index (χ1) is 7.29. The lowest BCUT2D eigenvalue weighted by molar-refractivity contribution is 0.618. The van der Waals surface area contributed by atoms with Crippen LogP contribution in [0, 0.1) is 17.8 Å². The van der Waals surface area contributed by atoms with E-state index in [0.717, 1.165) is 24.2 Å². The molecule has 1 heterocycles. The van der Waals surface area contributed by atoms with Crippen LogP contribution in [0.2, 0.25) is 0 Å². The molecule has 0 spiro atoms. The lowest BCUT2D eigenvalue weighted by Gasteiger charge is -2.00. The van der Waals surface area contributed by atoms with Crippen LogP contribution < -0.4 is 5.73 Å². The van der Waals surface area contributed by atoms with Crippen molar-refractivity contribution < 1.29 is 0 Å². The van der Waals surface area contributed by atoms with Gasteiger partial charge in [-0.2, -0.15) is 5.10 Å². The van der Waals surface area contributed by atoms with Gasteiger partial charge in [0, 0.05) is 11.3 Å². The van der Waals surface area contributed by atoms with E-state index in [1.165, 1.54) is 36.9 Å². The Hall–Kier alpha value is -0.990. The van der Waals surface area contributed by atoms with E-state index >= 15 is 0 Å². The minimum Gasteiger partial charge on any atom is -0.382 e. The normalized spacial score (nSPS) is 29.4. The fourth-order valence-corrected chi connectivity index (χ4v) is 2.85. The Balaban J connectivity index is 1.66. The molecule has 0 radical (unpaired) electrons. The van der Waals surface area contributed by atoms with Crippen LogP contribution in [0.3, 0.4) is 0 Å². The largest absolute Gasteiger partial charge is 0.382 e. The number of H-pyrrole nitrogens is 1. The molecular weight excluding hydrogens is 186 g/mol. The van der Waals surface area contributed by atoms with Crippen molar-refractivity contribution in [2.45, 2.75) is 39.0 Å². The van der Waals surface area contributed by atoms with E-state index < -0.39 is 0 Å². The molecule has 3 heteroatoms. The molecule has 2 saturated carbocycles. The van der Waals surface area contributed by atoms with Crippen LogP contribution in [0.25, 0.3) is 0 Å². The second-order valence-electron chi connectivity index (χ2n) is 5.12. The third-order valence-corrected chi connectivity index (χ3v) is 4.01. The second-order valence-corrected chi connectivity index (χ2v) is 5.12. The summed E-state index contributed by atoms with van der Waals surface area (Å²) in [7, 11) is 0. The highest BCUT2D eigenvalue weighted by Crippen LogP contribution is 2.55. The van der Waals surface area contributed by atoms with Gasteiger partial charge >= 0.3 is 0 Å². The average molecular weight is 205 g/mol. The molecule has 3 nitrogen and oxygen atoms in total. The molecule has 0 saturated heterocycles. The molecule has 1 aromatic heterocycles. The monoisotopic (exact) mass is 205 g/mol. The summed E-state index contributed by atoms with van der Waals surface area (Å²) in [5, 5.41) is 7.21. The molecule has 0 bridgehead atoms. The van der Waals surface area contributed by atoms with E-state index in [1.54, 1.807) is 0 Å². The van der Waals surface area contributed by atoms with Crippen molar-refractivity contribution in [3.05, 3.63) is 11.3 Å². The van der Waals surface area contributed by atoms with Gasteiger partial charge in [0.2, 0.25) is 0 Å². The third kappa shape index (κ3) is 1.64. The van der Waals surface area contributed by atoms with E-state index in [9.17, 15) is 0 Å². The number of nitrogens with zero attached hydrogens (tertiary/aromatic N) is 1. The molecule has 2 aliphatic carbocycles. The summed E-state index contributed by atoms with van der Waals surface area (Å²) in [6.07, 6.45) is 6.57. The van der Waals surface area contributed by atoms with E-state index in [1.807, 2.05) is 0 Å². The summed E-state index contributed by atoms with van der Waals surface area (Å²) in [6.45, 7) is 2.15. The summed E-state index contributed by atoms with van der Waals surface area (Å²) in [5.74, 6) is 3.72. The predicted octanol–water partition coefficient (Wildman–Crippen LogP) is 2.14. The van der Waals surface area contributed by atoms with Gasteiger partial charge in [-0.3, -0.25) is 5.10 Å². The van der Waals surface area contributed by atoms with Crippen LogP contribution in [0.5, 0.6) is 0 Å². The summed E-state index contributed by atoms with van der Waals surface area (Å²) in [6, 6.07) is 0. The third-order valence-electron chi connectivity index (χ3n) is 4.01. The Morgan fingerprint density at radius 1 is 1.47 bits per heavy atom. The van der Waals surface area contributed by atoms with Gasteiger partial charge in [0.15, 0.2) is 0 Å². The van der Waals surface area contributed by atoms with Gasteiger partial charge in [-0.05, 0) is 49.9 Å². The number of nitrogens with two attached hydrogens (primary N) is 1. The quantitative estimate of drug-likeness (QED) is 0.791. The molecule has 3 rings (SSSR count). The van der Waals surface area contributed by atoms with Crippen molar-refractivity contribution in [2.75, 3.05) is 5.73 Å². The predicted molar refractivity (Wildman–Crippen MR) is 60.4 cm³/mol. The smallest absolute Gasteiger partial charge is 0.148 e. The minimum absolute atomic E-state index is 0.705. The standard InChI is InChI=1S/C12H19N3/c1-2-9-11(14-15-12(9)13)6-8-5-10(8)7-3-4-7/h7-8,10H,2-6H2,1H3,(H3,13,14,15)/t8-,10-/m0/s1. The molecule has 1 aromatic rings. The van der Waals surface area contributed by atoms with E-state index in [4.69, 9.17) is 5.73 Å². The zero-order chi connectivity index (χ0) is 10.4. The van der Waals surface area contributed by atoms with Gasteiger partial charge in [-0.25, -0.2) is 0 Å². The van der Waals surface area contributed by atoms with Gasteiger partial charge in [-0.15, -0.1) is 0 Å². The molecule has 82 valence electrons. The van der Waals surface area contributed by atoms with Crippen molar-refractivity contribution in [1.29, 1.82) is 0 Å². The van der Waals surface area contributed by atoms with Gasteiger partial charge in [0.05, 0.1) is 0 Å². The van der Waals surface area contributed by atoms with Gasteiger partial charge in [0.25, 0.3) is 0 Å². The number of aromatic amines is 1. The van der Waals surface area contributed by atoms with Crippen LogP contribution in [-0.2, 0) is 12.8 Å². The van der Waals surface area contributed by atoms with Crippen LogP contribution in [0.1, 0.15) is 37.4 Å². The maximum absolute atomic E-state index is 5.81. The average Bonchev–Trinajstić information content (AvgIpc) is 3.07. The second kappa shape index (κ2) is 3.26. The van der Waals surface area contributed by atoms with Gasteiger partial charge < -0.3 is 5.73 Å². The zero-order valence-electron chi connectivity index (χ0n) is 9.29. The highest BCUT2D eigenvalue weighted by molar-refractivity contribution is 5.42. The molecule has 3 N–H and O–H groups in total. The summed E-state index contributed by atoms with van der Waals surface area (Å²) < 4.78 is 0. The number of nitrogen functional groups attached to an aromatic ring is 1.